The number of hydrogen-bond donors (Lipinski definition) is 0. The fraction of sp³-hybridized carbons (Fsp3) is 0.818. The Balaban J connectivity index is 3.58. The van der Waals surface area contributed by atoms with Gasteiger partial charge >= 0.3 is 0 Å². The lowest BCUT2D eigenvalue weighted by Crippen LogP contribution is -2.00. The minimum Gasteiger partial charge on any atom is -0.106 e. The van der Waals surface area contributed by atoms with E-state index in [1.807, 2.05) is 0 Å². The van der Waals surface area contributed by atoms with Crippen LogP contribution in [0.25, 0.3) is 0 Å². The molecule has 0 fully saturated rings. The Morgan fingerprint density at radius 2 is 1.92 bits per heavy atom. The van der Waals surface area contributed by atoms with Gasteiger partial charge in [-0.1, -0.05) is 47.0 Å². The summed E-state index contributed by atoms with van der Waals surface area (Å²) < 4.78 is 0. The molecule has 1 radical (unpaired) electrons. The summed E-state index contributed by atoms with van der Waals surface area (Å²) in [7, 11) is 0.593. The van der Waals surface area contributed by atoms with E-state index in [1.165, 1.54) is 19.3 Å². The summed E-state index contributed by atoms with van der Waals surface area (Å²) in [4.78, 5) is 0. The van der Waals surface area contributed by atoms with Gasteiger partial charge in [-0.15, -0.1) is 5.67 Å². The molecule has 0 aliphatic carbocycles. The number of hydrogen-bond acceptors (Lipinski definition) is 0. The van der Waals surface area contributed by atoms with E-state index in [0.717, 1.165) is 17.9 Å². The van der Waals surface area contributed by atoms with Crippen molar-refractivity contribution in [2.75, 3.05) is 0 Å². The Hall–Kier alpha value is 0.0869. The molecule has 1 unspecified atom stereocenters. The van der Waals surface area contributed by atoms with Crippen molar-refractivity contribution in [2.45, 2.75) is 52.0 Å². The predicted molar refractivity (Wildman–Crippen MR) is 61.3 cm³/mol. The molecule has 0 bridgehead atoms. The van der Waals surface area contributed by atoms with Gasteiger partial charge in [-0.05, 0) is 27.0 Å². The molecule has 0 aliphatic heterocycles. The van der Waals surface area contributed by atoms with Crippen LogP contribution >= 0.6 is 0 Å². The average molecular weight is 183 g/mol. The van der Waals surface area contributed by atoms with Gasteiger partial charge in [0.25, 0.3) is 0 Å². The van der Waals surface area contributed by atoms with Crippen molar-refractivity contribution in [3.63, 3.8) is 0 Å². The monoisotopic (exact) mass is 183 g/mol. The molecular formula is C11H23Si. The maximum Gasteiger partial charge on any atom is -0.00862 e. The molecule has 0 aliphatic rings. The van der Waals surface area contributed by atoms with Crippen molar-refractivity contribution in [3.05, 3.63) is 6.92 Å². The van der Waals surface area contributed by atoms with E-state index in [0.29, 0.717) is 9.13 Å². The standard InChI is InChI=1S/C11H23Si/c1-5-10(4)8-9-12-11(6-2)7-3/h9-12H,1,5-8H2,2-4H3. The minimum absolute atomic E-state index is 0.593. The Labute approximate surface area is 80.2 Å². The molecule has 1 heteroatoms. The highest BCUT2D eigenvalue weighted by atomic mass is 28.2. The van der Waals surface area contributed by atoms with Gasteiger partial charge in [-0.3, -0.25) is 0 Å². The molecule has 0 saturated heterocycles. The second kappa shape index (κ2) is 7.72. The van der Waals surface area contributed by atoms with Crippen molar-refractivity contribution < 1.29 is 0 Å². The van der Waals surface area contributed by atoms with E-state index in [-0.39, 0.29) is 0 Å². The predicted octanol–water partition coefficient (Wildman–Crippen LogP) is 3.08. The van der Waals surface area contributed by atoms with Crippen LogP contribution in [-0.4, -0.2) is 14.8 Å². The molecule has 0 saturated carbocycles. The zero-order valence-electron chi connectivity index (χ0n) is 8.84. The van der Waals surface area contributed by atoms with Gasteiger partial charge in [0.1, 0.15) is 0 Å². The Morgan fingerprint density at radius 1 is 1.33 bits per heavy atom. The second-order valence-electron chi connectivity index (χ2n) is 3.63. The quantitative estimate of drug-likeness (QED) is 0.555. The van der Waals surface area contributed by atoms with Gasteiger partial charge in [0.15, 0.2) is 0 Å². The van der Waals surface area contributed by atoms with E-state index in [4.69, 9.17) is 0 Å². The highest BCUT2D eigenvalue weighted by Crippen LogP contribution is 2.10. The minimum atomic E-state index is 0.593. The van der Waals surface area contributed by atoms with Crippen LogP contribution in [0.2, 0.25) is 5.54 Å². The Morgan fingerprint density at radius 3 is 2.33 bits per heavy atom. The van der Waals surface area contributed by atoms with E-state index in [2.05, 4.69) is 33.4 Å². The van der Waals surface area contributed by atoms with Crippen molar-refractivity contribution in [2.24, 2.45) is 5.92 Å². The van der Waals surface area contributed by atoms with Gasteiger partial charge in [0.2, 0.25) is 0 Å². The topological polar surface area (TPSA) is 0 Å². The smallest absolute Gasteiger partial charge is 0.00862 e. The van der Waals surface area contributed by atoms with Gasteiger partial charge in [-0.2, -0.15) is 0 Å². The van der Waals surface area contributed by atoms with E-state index in [9.17, 15) is 0 Å². The van der Waals surface area contributed by atoms with Crippen molar-refractivity contribution in [1.82, 2.24) is 0 Å². The number of rotatable bonds is 6. The fourth-order valence-electron chi connectivity index (χ4n) is 1.18. The summed E-state index contributed by atoms with van der Waals surface area (Å²) >= 11 is 0. The van der Waals surface area contributed by atoms with Gasteiger partial charge in [0.05, 0.1) is 0 Å². The molecule has 0 aromatic rings. The van der Waals surface area contributed by atoms with Gasteiger partial charge in [-0.25, -0.2) is 0 Å². The summed E-state index contributed by atoms with van der Waals surface area (Å²) in [5.74, 6) is 0.798. The molecule has 71 valence electrons. The Bertz CT molecular complexity index is 114. The van der Waals surface area contributed by atoms with Gasteiger partial charge < -0.3 is 0 Å². The molecule has 0 spiro atoms. The summed E-state index contributed by atoms with van der Waals surface area (Å²) in [6.07, 6.45) is 5.09. The molecule has 0 nitrogen and oxygen atoms in total. The Kier molecular flexibility index (Phi) is 7.78. The SMILES string of the molecule is [CH2]CC(C)CC=[SiH]C(CC)CC. The lowest BCUT2D eigenvalue weighted by atomic mass is 10.1. The molecule has 0 amide bonds. The highest BCUT2D eigenvalue weighted by molar-refractivity contribution is 6.48. The van der Waals surface area contributed by atoms with Crippen molar-refractivity contribution >= 4 is 14.8 Å². The van der Waals surface area contributed by atoms with Crippen LogP contribution in [0.1, 0.15) is 46.5 Å². The average Bonchev–Trinajstić information content (AvgIpc) is 2.12. The molecule has 1 atom stereocenters. The zero-order valence-corrected chi connectivity index (χ0v) is 10.00. The maximum absolute atomic E-state index is 3.91. The largest absolute Gasteiger partial charge is 0.106 e. The molecule has 0 rings (SSSR count). The summed E-state index contributed by atoms with van der Waals surface area (Å²) in [5.41, 5.74) is 3.54. The summed E-state index contributed by atoms with van der Waals surface area (Å²) in [5, 5.41) is 0. The second-order valence-corrected chi connectivity index (χ2v) is 5.43. The fourth-order valence-corrected chi connectivity index (χ4v) is 2.73. The van der Waals surface area contributed by atoms with Crippen LogP contribution in [0.3, 0.4) is 0 Å². The van der Waals surface area contributed by atoms with E-state index in [1.54, 1.807) is 0 Å². The molecule has 0 aromatic carbocycles. The first kappa shape index (κ1) is 12.1. The third-order valence-corrected chi connectivity index (χ3v) is 4.52. The lowest BCUT2D eigenvalue weighted by Gasteiger charge is -2.06. The normalized spacial score (nSPS) is 14.4. The van der Waals surface area contributed by atoms with Crippen LogP contribution in [0.15, 0.2) is 0 Å². The van der Waals surface area contributed by atoms with Crippen LogP contribution in [0, 0.1) is 12.8 Å². The molecule has 12 heavy (non-hydrogen) atoms. The van der Waals surface area contributed by atoms with Crippen LogP contribution < -0.4 is 0 Å². The summed E-state index contributed by atoms with van der Waals surface area (Å²) in [6.45, 7) is 10.8. The zero-order chi connectivity index (χ0) is 9.40. The highest BCUT2D eigenvalue weighted by Gasteiger charge is 1.98. The third kappa shape index (κ3) is 5.70. The van der Waals surface area contributed by atoms with Crippen LogP contribution in [0.5, 0.6) is 0 Å². The summed E-state index contributed by atoms with van der Waals surface area (Å²) in [6, 6.07) is 0. The van der Waals surface area contributed by atoms with E-state index >= 15 is 0 Å². The first-order chi connectivity index (χ1) is 5.74. The molecular weight excluding hydrogens is 160 g/mol. The molecule has 0 aromatic heterocycles. The van der Waals surface area contributed by atoms with E-state index < -0.39 is 0 Å². The molecule has 0 heterocycles. The van der Waals surface area contributed by atoms with Gasteiger partial charge in [0, 0.05) is 0 Å². The van der Waals surface area contributed by atoms with Crippen molar-refractivity contribution in [3.8, 4) is 0 Å². The van der Waals surface area contributed by atoms with Crippen molar-refractivity contribution in [1.29, 1.82) is 0 Å². The molecule has 0 N–H and O–H groups in total. The van der Waals surface area contributed by atoms with Crippen LogP contribution in [-0.2, 0) is 0 Å². The first-order valence-electron chi connectivity index (χ1n) is 5.20. The lowest BCUT2D eigenvalue weighted by molar-refractivity contribution is 0.625. The van der Waals surface area contributed by atoms with Crippen LogP contribution in [0.4, 0.5) is 0 Å². The third-order valence-electron chi connectivity index (χ3n) is 2.49. The first-order valence-corrected chi connectivity index (χ1v) is 6.53. The maximum atomic E-state index is 3.91.